The van der Waals surface area contributed by atoms with Crippen LogP contribution in [0.5, 0.6) is 0 Å². The molecule has 0 bridgehead atoms. The number of rotatable bonds is 2. The van der Waals surface area contributed by atoms with Crippen molar-refractivity contribution < 1.29 is 9.90 Å². The number of aromatic nitrogens is 2. The molecule has 2 N–H and O–H groups in total. The van der Waals surface area contributed by atoms with Gasteiger partial charge in [0.05, 0.1) is 11.6 Å². The summed E-state index contributed by atoms with van der Waals surface area (Å²) >= 11 is 0. The van der Waals surface area contributed by atoms with Gasteiger partial charge in [0.15, 0.2) is 5.69 Å². The molecular weight excluding hydrogens is 304 g/mol. The first-order chi connectivity index (χ1) is 11.5. The van der Waals surface area contributed by atoms with Crippen molar-refractivity contribution in [1.29, 1.82) is 0 Å². The average molecular weight is 328 g/mol. The van der Waals surface area contributed by atoms with Gasteiger partial charge in [-0.05, 0) is 44.8 Å². The Hall–Kier alpha value is -1.92. The number of hydrogen-bond acceptors (Lipinski definition) is 4. The van der Waals surface area contributed by atoms with Gasteiger partial charge in [0, 0.05) is 24.5 Å². The summed E-state index contributed by atoms with van der Waals surface area (Å²) in [5.74, 6) is 0.859. The van der Waals surface area contributed by atoms with Gasteiger partial charge in [-0.15, -0.1) is 0 Å². The summed E-state index contributed by atoms with van der Waals surface area (Å²) in [5.41, 5.74) is 1.40. The summed E-state index contributed by atoms with van der Waals surface area (Å²) in [6.45, 7) is 1.49. The Kier molecular flexibility index (Phi) is 3.81. The van der Waals surface area contributed by atoms with Crippen LogP contribution in [0, 0.1) is 11.8 Å². The second-order valence-electron chi connectivity index (χ2n) is 7.42. The van der Waals surface area contributed by atoms with Gasteiger partial charge in [0.1, 0.15) is 0 Å². The Balaban J connectivity index is 1.53. The van der Waals surface area contributed by atoms with Crippen LogP contribution in [-0.4, -0.2) is 70.3 Å². The van der Waals surface area contributed by atoms with Crippen LogP contribution in [0.2, 0.25) is 0 Å². The first-order valence-corrected chi connectivity index (χ1v) is 8.61. The van der Waals surface area contributed by atoms with Crippen LogP contribution in [0.15, 0.2) is 24.3 Å². The lowest BCUT2D eigenvalue weighted by molar-refractivity contribution is 0.00940. The van der Waals surface area contributed by atoms with Gasteiger partial charge in [-0.2, -0.15) is 5.10 Å². The van der Waals surface area contributed by atoms with Crippen molar-refractivity contribution in [3.8, 4) is 0 Å². The maximum absolute atomic E-state index is 12.9. The van der Waals surface area contributed by atoms with E-state index in [1.54, 1.807) is 0 Å². The molecule has 1 aliphatic heterocycles. The van der Waals surface area contributed by atoms with E-state index in [4.69, 9.17) is 0 Å². The van der Waals surface area contributed by atoms with Crippen molar-refractivity contribution >= 4 is 16.8 Å². The smallest absolute Gasteiger partial charge is 0.275 e. The Morgan fingerprint density at radius 3 is 2.71 bits per heavy atom. The van der Waals surface area contributed by atoms with Gasteiger partial charge in [-0.25, -0.2) is 0 Å². The third kappa shape index (κ3) is 2.50. The average Bonchev–Trinajstić information content (AvgIpc) is 3.16. The van der Waals surface area contributed by atoms with Crippen molar-refractivity contribution in [3.05, 3.63) is 30.0 Å². The summed E-state index contributed by atoms with van der Waals surface area (Å²) in [4.78, 5) is 17.0. The van der Waals surface area contributed by atoms with E-state index in [0.29, 0.717) is 17.5 Å². The molecule has 6 heteroatoms. The second-order valence-corrected chi connectivity index (χ2v) is 7.42. The predicted molar refractivity (Wildman–Crippen MR) is 91.7 cm³/mol. The molecule has 1 aromatic carbocycles. The molecule has 128 valence electrons. The third-order valence-electron chi connectivity index (χ3n) is 5.73. The summed E-state index contributed by atoms with van der Waals surface area (Å²) in [6, 6.07) is 7.91. The topological polar surface area (TPSA) is 72.5 Å². The molecule has 2 fully saturated rings. The highest BCUT2D eigenvalue weighted by atomic mass is 16.3. The molecule has 1 saturated heterocycles. The maximum Gasteiger partial charge on any atom is 0.275 e. The number of hydrogen-bond donors (Lipinski definition) is 2. The molecule has 0 unspecified atom stereocenters. The van der Waals surface area contributed by atoms with Gasteiger partial charge < -0.3 is 14.9 Å². The van der Waals surface area contributed by atoms with E-state index in [9.17, 15) is 9.90 Å². The van der Waals surface area contributed by atoms with Gasteiger partial charge in [0.25, 0.3) is 5.91 Å². The summed E-state index contributed by atoms with van der Waals surface area (Å²) in [7, 11) is 4.03. The van der Waals surface area contributed by atoms with Crippen LogP contribution in [-0.2, 0) is 0 Å². The number of likely N-dealkylation sites (tertiary alicyclic amines) is 1. The van der Waals surface area contributed by atoms with E-state index in [0.717, 1.165) is 36.8 Å². The van der Waals surface area contributed by atoms with Crippen molar-refractivity contribution in [2.24, 2.45) is 11.8 Å². The summed E-state index contributed by atoms with van der Waals surface area (Å²) < 4.78 is 0. The quantitative estimate of drug-likeness (QED) is 0.872. The molecule has 1 amide bonds. The lowest BCUT2D eigenvalue weighted by Crippen LogP contribution is -2.46. The van der Waals surface area contributed by atoms with E-state index in [1.807, 2.05) is 43.3 Å². The predicted octanol–water partition coefficient (Wildman–Crippen LogP) is 1.34. The highest BCUT2D eigenvalue weighted by Gasteiger charge is 2.44. The van der Waals surface area contributed by atoms with E-state index >= 15 is 0 Å². The van der Waals surface area contributed by atoms with Crippen LogP contribution >= 0.6 is 0 Å². The molecule has 2 aliphatic rings. The molecule has 1 saturated carbocycles. The minimum absolute atomic E-state index is 0.00209. The lowest BCUT2D eigenvalue weighted by Gasteiger charge is -2.38. The Bertz CT molecular complexity index is 756. The molecule has 24 heavy (non-hydrogen) atoms. The Morgan fingerprint density at radius 2 is 1.96 bits per heavy atom. The number of aliphatic hydroxyl groups excluding tert-OH is 1. The number of para-hydroxylation sites is 1. The Labute approximate surface area is 141 Å². The summed E-state index contributed by atoms with van der Waals surface area (Å²) in [5, 5.41) is 18.4. The van der Waals surface area contributed by atoms with Crippen molar-refractivity contribution in [2.75, 3.05) is 27.2 Å². The fourth-order valence-corrected chi connectivity index (χ4v) is 4.40. The highest BCUT2D eigenvalue weighted by molar-refractivity contribution is 6.04. The van der Waals surface area contributed by atoms with E-state index in [2.05, 4.69) is 15.1 Å². The number of fused-ring (bicyclic) bond motifs is 2. The molecule has 0 radical (unpaired) electrons. The van der Waals surface area contributed by atoms with Gasteiger partial charge in [-0.3, -0.25) is 9.89 Å². The van der Waals surface area contributed by atoms with Crippen LogP contribution in [0.1, 0.15) is 23.3 Å². The van der Waals surface area contributed by atoms with Crippen LogP contribution < -0.4 is 0 Å². The number of nitrogens with one attached hydrogen (secondary N) is 1. The standard InChI is InChI=1S/C18H24N4O2/c1-21(2)15-7-11-9-22(10-12(11)8-16(15)23)18(24)17-13-5-3-4-6-14(13)19-20-17/h3-6,11-12,15-16,23H,7-10H2,1-2H3,(H,19,20)/t11-,12+,15-,16-/m1/s1. The third-order valence-corrected chi connectivity index (χ3v) is 5.73. The largest absolute Gasteiger partial charge is 0.391 e. The number of aliphatic hydroxyl groups is 1. The molecular formula is C18H24N4O2. The molecule has 1 aliphatic carbocycles. The molecule has 4 atom stereocenters. The first kappa shape index (κ1) is 15.6. The van der Waals surface area contributed by atoms with Crippen molar-refractivity contribution in [2.45, 2.75) is 25.0 Å². The van der Waals surface area contributed by atoms with Gasteiger partial charge in [0.2, 0.25) is 0 Å². The Morgan fingerprint density at radius 1 is 1.25 bits per heavy atom. The summed E-state index contributed by atoms with van der Waals surface area (Å²) in [6.07, 6.45) is 1.42. The number of aromatic amines is 1. The fourth-order valence-electron chi connectivity index (χ4n) is 4.40. The zero-order valence-electron chi connectivity index (χ0n) is 14.1. The second kappa shape index (κ2) is 5.86. The van der Waals surface area contributed by atoms with Crippen molar-refractivity contribution in [3.63, 3.8) is 0 Å². The molecule has 0 spiro atoms. The molecule has 4 rings (SSSR count). The van der Waals surface area contributed by atoms with E-state index in [-0.39, 0.29) is 18.1 Å². The van der Waals surface area contributed by atoms with E-state index in [1.165, 1.54) is 0 Å². The normalized spacial score (nSPS) is 30.1. The molecule has 6 nitrogen and oxygen atoms in total. The SMILES string of the molecule is CN(C)[C@@H]1C[C@@H]2CN(C(=O)c3n[nH]c4ccccc34)C[C@@H]2C[C@H]1O. The molecule has 2 heterocycles. The van der Waals surface area contributed by atoms with Crippen LogP contribution in [0.25, 0.3) is 10.9 Å². The van der Waals surface area contributed by atoms with Crippen LogP contribution in [0.3, 0.4) is 0 Å². The number of carbonyl (C=O) groups excluding carboxylic acids is 1. The minimum Gasteiger partial charge on any atom is -0.391 e. The van der Waals surface area contributed by atoms with Crippen LogP contribution in [0.4, 0.5) is 0 Å². The number of carbonyl (C=O) groups is 1. The number of nitrogens with zero attached hydrogens (tertiary/aromatic N) is 3. The zero-order valence-corrected chi connectivity index (χ0v) is 14.1. The lowest BCUT2D eigenvalue weighted by atomic mass is 9.77. The number of likely N-dealkylation sites (N-methyl/N-ethyl adjacent to an activating group) is 1. The number of amides is 1. The maximum atomic E-state index is 12.9. The van der Waals surface area contributed by atoms with Crippen molar-refractivity contribution in [1.82, 2.24) is 20.0 Å². The first-order valence-electron chi connectivity index (χ1n) is 8.61. The number of benzene rings is 1. The van der Waals surface area contributed by atoms with Gasteiger partial charge >= 0.3 is 0 Å². The highest BCUT2D eigenvalue weighted by Crippen LogP contribution is 2.38. The number of H-pyrrole nitrogens is 1. The fraction of sp³-hybridized carbons (Fsp3) is 0.556. The monoisotopic (exact) mass is 328 g/mol. The minimum atomic E-state index is -0.303. The van der Waals surface area contributed by atoms with Gasteiger partial charge in [-0.1, -0.05) is 18.2 Å². The molecule has 2 aromatic rings. The zero-order chi connectivity index (χ0) is 16.8. The van der Waals surface area contributed by atoms with E-state index < -0.39 is 0 Å². The molecule has 1 aromatic heterocycles.